The van der Waals surface area contributed by atoms with E-state index >= 15 is 0 Å². The van der Waals surface area contributed by atoms with Gasteiger partial charge in [-0.25, -0.2) is 0 Å². The highest BCUT2D eigenvalue weighted by Crippen LogP contribution is 2.32. The molecule has 2 heterocycles. The fourth-order valence-corrected chi connectivity index (χ4v) is 3.43. The standard InChI is InChI=1S/C17H18N2O5S/c20-12-5-3-11(4-6-12)8-14-16(22)19(17(23)25-14)10-15(21)18-9-13-2-1-7-24-13/h3-6,8,13,20H,1-2,7,9-10H2,(H,18,21)/b14-8-/t13-/m1/s1. The number of carbonyl (C=O) groups is 3. The maximum Gasteiger partial charge on any atom is 0.294 e. The van der Waals surface area contributed by atoms with Crippen molar-refractivity contribution in [2.24, 2.45) is 0 Å². The lowest BCUT2D eigenvalue weighted by molar-refractivity contribution is -0.129. The van der Waals surface area contributed by atoms with E-state index in [0.29, 0.717) is 18.7 Å². The summed E-state index contributed by atoms with van der Waals surface area (Å²) < 4.78 is 5.41. The third-order valence-corrected chi connectivity index (χ3v) is 4.82. The Morgan fingerprint density at radius 1 is 1.36 bits per heavy atom. The van der Waals surface area contributed by atoms with Crippen molar-refractivity contribution in [2.45, 2.75) is 18.9 Å². The van der Waals surface area contributed by atoms with Gasteiger partial charge in [-0.3, -0.25) is 19.3 Å². The molecule has 1 aromatic rings. The number of amides is 3. The molecule has 2 saturated heterocycles. The van der Waals surface area contributed by atoms with Crippen LogP contribution in [0.25, 0.3) is 6.08 Å². The number of carbonyl (C=O) groups excluding carboxylic acids is 3. The van der Waals surface area contributed by atoms with Crippen LogP contribution in [0, 0.1) is 0 Å². The SMILES string of the molecule is O=C(CN1C(=O)S/C(=C\c2ccc(O)cc2)C1=O)NC[C@H]1CCCO1. The third-order valence-electron chi connectivity index (χ3n) is 3.92. The molecule has 0 radical (unpaired) electrons. The minimum atomic E-state index is -0.490. The average molecular weight is 362 g/mol. The molecule has 0 bridgehead atoms. The number of phenolic OH excluding ortho intramolecular Hbond substituents is 1. The van der Waals surface area contributed by atoms with Crippen LogP contribution in [0.1, 0.15) is 18.4 Å². The summed E-state index contributed by atoms with van der Waals surface area (Å²) in [6, 6.07) is 6.26. The summed E-state index contributed by atoms with van der Waals surface area (Å²) in [5.41, 5.74) is 0.686. The molecule has 1 atom stereocenters. The Labute approximate surface area is 149 Å². The largest absolute Gasteiger partial charge is 0.508 e. The molecule has 2 N–H and O–H groups in total. The second-order valence-electron chi connectivity index (χ2n) is 5.80. The Morgan fingerprint density at radius 3 is 2.80 bits per heavy atom. The highest BCUT2D eigenvalue weighted by Gasteiger charge is 2.36. The predicted octanol–water partition coefficient (Wildman–Crippen LogP) is 1.72. The van der Waals surface area contributed by atoms with E-state index in [9.17, 15) is 19.5 Å². The van der Waals surface area contributed by atoms with Crippen LogP contribution >= 0.6 is 11.8 Å². The first-order valence-electron chi connectivity index (χ1n) is 7.95. The molecule has 3 amide bonds. The van der Waals surface area contributed by atoms with Crippen LogP contribution in [0.5, 0.6) is 5.75 Å². The van der Waals surface area contributed by atoms with Crippen molar-refractivity contribution >= 4 is 34.9 Å². The molecule has 0 aromatic heterocycles. The molecule has 2 aliphatic heterocycles. The average Bonchev–Trinajstić information content (AvgIpc) is 3.19. The Bertz CT molecular complexity index is 710. The lowest BCUT2D eigenvalue weighted by Gasteiger charge is -2.14. The highest BCUT2D eigenvalue weighted by atomic mass is 32.2. The topological polar surface area (TPSA) is 95.9 Å². The first kappa shape index (κ1) is 17.5. The molecule has 3 rings (SSSR count). The quantitative estimate of drug-likeness (QED) is 0.775. The van der Waals surface area contributed by atoms with Crippen LogP contribution in [-0.2, 0) is 14.3 Å². The van der Waals surface area contributed by atoms with Gasteiger partial charge in [0.05, 0.1) is 11.0 Å². The molecule has 0 unspecified atom stereocenters. The highest BCUT2D eigenvalue weighted by molar-refractivity contribution is 8.18. The number of aromatic hydroxyl groups is 1. The molecule has 1 aromatic carbocycles. The van der Waals surface area contributed by atoms with E-state index in [1.54, 1.807) is 18.2 Å². The van der Waals surface area contributed by atoms with Gasteiger partial charge in [-0.05, 0) is 48.4 Å². The number of nitrogens with zero attached hydrogens (tertiary/aromatic N) is 1. The smallest absolute Gasteiger partial charge is 0.294 e. The van der Waals surface area contributed by atoms with E-state index in [0.717, 1.165) is 29.5 Å². The second kappa shape index (κ2) is 7.71. The van der Waals surface area contributed by atoms with Gasteiger partial charge in [-0.2, -0.15) is 0 Å². The predicted molar refractivity (Wildman–Crippen MR) is 92.8 cm³/mol. The first-order valence-corrected chi connectivity index (χ1v) is 8.77. The summed E-state index contributed by atoms with van der Waals surface area (Å²) in [4.78, 5) is 37.5. The molecule has 0 aliphatic carbocycles. The summed E-state index contributed by atoms with van der Waals surface area (Å²) in [7, 11) is 0. The van der Waals surface area contributed by atoms with Gasteiger partial charge in [0.15, 0.2) is 0 Å². The minimum absolute atomic E-state index is 0.00765. The van der Waals surface area contributed by atoms with Crippen LogP contribution < -0.4 is 5.32 Å². The molecule has 2 fully saturated rings. The van der Waals surface area contributed by atoms with Gasteiger partial charge >= 0.3 is 0 Å². The Morgan fingerprint density at radius 2 is 2.12 bits per heavy atom. The Balaban J connectivity index is 1.58. The van der Waals surface area contributed by atoms with Crippen LogP contribution in [0.4, 0.5) is 4.79 Å². The van der Waals surface area contributed by atoms with E-state index in [4.69, 9.17) is 4.74 Å². The van der Waals surface area contributed by atoms with E-state index in [-0.39, 0.29) is 29.2 Å². The van der Waals surface area contributed by atoms with E-state index in [1.165, 1.54) is 12.1 Å². The number of nitrogens with one attached hydrogen (secondary N) is 1. The third kappa shape index (κ3) is 4.40. The Hall–Kier alpha value is -2.32. The Kier molecular flexibility index (Phi) is 5.40. The second-order valence-corrected chi connectivity index (χ2v) is 6.79. The summed E-state index contributed by atoms with van der Waals surface area (Å²) in [5.74, 6) is -0.757. The summed E-state index contributed by atoms with van der Waals surface area (Å²) in [6.45, 7) is 0.786. The van der Waals surface area contributed by atoms with Crippen molar-refractivity contribution < 1.29 is 24.2 Å². The maximum atomic E-state index is 12.3. The van der Waals surface area contributed by atoms with Crippen molar-refractivity contribution in [1.82, 2.24) is 10.2 Å². The van der Waals surface area contributed by atoms with Gasteiger partial charge in [-0.15, -0.1) is 0 Å². The summed E-state index contributed by atoms with van der Waals surface area (Å²) in [6.07, 6.45) is 3.45. The van der Waals surface area contributed by atoms with Crippen LogP contribution in [0.3, 0.4) is 0 Å². The maximum absolute atomic E-state index is 12.3. The fourth-order valence-electron chi connectivity index (χ4n) is 2.59. The molecule has 7 nitrogen and oxygen atoms in total. The number of thioether (sulfide) groups is 1. The van der Waals surface area contributed by atoms with Gasteiger partial charge in [0.1, 0.15) is 12.3 Å². The van der Waals surface area contributed by atoms with E-state index in [1.807, 2.05) is 0 Å². The number of rotatable bonds is 5. The lowest BCUT2D eigenvalue weighted by Crippen LogP contribution is -2.41. The zero-order valence-corrected chi connectivity index (χ0v) is 14.3. The first-order chi connectivity index (χ1) is 12.0. The normalized spacial score (nSPS) is 22.0. The van der Waals surface area contributed by atoms with Crippen molar-refractivity contribution in [1.29, 1.82) is 0 Å². The van der Waals surface area contributed by atoms with Gasteiger partial charge in [-0.1, -0.05) is 12.1 Å². The number of hydrogen-bond donors (Lipinski definition) is 2. The van der Waals surface area contributed by atoms with Crippen LogP contribution in [0.2, 0.25) is 0 Å². The fraction of sp³-hybridized carbons (Fsp3) is 0.353. The molecule has 132 valence electrons. The molecule has 8 heteroatoms. The molecule has 0 saturated carbocycles. The van der Waals surface area contributed by atoms with E-state index in [2.05, 4.69) is 5.32 Å². The van der Waals surface area contributed by atoms with Crippen LogP contribution in [-0.4, -0.2) is 52.9 Å². The molecule has 25 heavy (non-hydrogen) atoms. The number of benzene rings is 1. The van der Waals surface area contributed by atoms with Gasteiger partial charge < -0.3 is 15.2 Å². The lowest BCUT2D eigenvalue weighted by atomic mass is 10.2. The van der Waals surface area contributed by atoms with Crippen molar-refractivity contribution in [2.75, 3.05) is 19.7 Å². The number of ether oxygens (including phenoxy) is 1. The summed E-state index contributed by atoms with van der Waals surface area (Å²) in [5, 5.41) is 11.5. The number of phenols is 1. The van der Waals surface area contributed by atoms with Crippen molar-refractivity contribution in [3.05, 3.63) is 34.7 Å². The van der Waals surface area contributed by atoms with Crippen LogP contribution in [0.15, 0.2) is 29.2 Å². The minimum Gasteiger partial charge on any atom is -0.508 e. The molecule has 2 aliphatic rings. The monoisotopic (exact) mass is 362 g/mol. The molecule has 0 spiro atoms. The van der Waals surface area contributed by atoms with E-state index < -0.39 is 11.1 Å². The molecular weight excluding hydrogens is 344 g/mol. The van der Waals surface area contributed by atoms with Gasteiger partial charge in [0.2, 0.25) is 5.91 Å². The zero-order valence-electron chi connectivity index (χ0n) is 13.4. The molecular formula is C17H18N2O5S. The zero-order chi connectivity index (χ0) is 17.8. The summed E-state index contributed by atoms with van der Waals surface area (Å²) >= 11 is 0.798. The van der Waals surface area contributed by atoms with Crippen molar-refractivity contribution in [3.8, 4) is 5.75 Å². The number of hydrogen-bond acceptors (Lipinski definition) is 6. The van der Waals surface area contributed by atoms with Crippen molar-refractivity contribution in [3.63, 3.8) is 0 Å². The van der Waals surface area contributed by atoms with Gasteiger partial charge in [0, 0.05) is 13.2 Å². The van der Waals surface area contributed by atoms with Gasteiger partial charge in [0.25, 0.3) is 11.1 Å². The number of imide groups is 1.